The Morgan fingerprint density at radius 2 is 2.50 bits per heavy atom. The van der Waals surface area contributed by atoms with Crippen molar-refractivity contribution in [2.24, 2.45) is 0 Å². The average molecular weight is 273 g/mol. The first kappa shape index (κ1) is 9.89. The number of nitrogens with zero attached hydrogens (tertiary/aromatic N) is 1. The Morgan fingerprint density at radius 3 is 3.07 bits per heavy atom. The second kappa shape index (κ2) is 4.25. The summed E-state index contributed by atoms with van der Waals surface area (Å²) in [6, 6.07) is 2.01. The molecule has 2 aromatic rings. The summed E-state index contributed by atoms with van der Waals surface area (Å²) in [7, 11) is 0. The molecule has 14 heavy (non-hydrogen) atoms. The van der Waals surface area contributed by atoms with Gasteiger partial charge in [-0.1, -0.05) is 0 Å². The summed E-state index contributed by atoms with van der Waals surface area (Å²) >= 11 is 5.07. The summed E-state index contributed by atoms with van der Waals surface area (Å²) in [5.41, 5.74) is 1.95. The number of halogens is 1. The van der Waals surface area contributed by atoms with Crippen LogP contribution in [0.3, 0.4) is 0 Å². The number of aliphatic hydroxyl groups excluding tert-OH is 1. The Hall–Kier alpha value is -0.650. The normalized spacial score (nSPS) is 13.0. The van der Waals surface area contributed by atoms with Crippen molar-refractivity contribution in [1.82, 2.24) is 10.2 Å². The summed E-state index contributed by atoms with van der Waals surface area (Å²) in [6.07, 6.45) is 3.49. The van der Waals surface area contributed by atoms with Gasteiger partial charge in [-0.05, 0) is 32.9 Å². The number of thiophene rings is 1. The second-order valence-corrected chi connectivity index (χ2v) is 5.21. The monoisotopic (exact) mass is 272 g/mol. The van der Waals surface area contributed by atoms with Gasteiger partial charge >= 0.3 is 0 Å². The number of hydrogen-bond acceptors (Lipinski definition) is 3. The topological polar surface area (TPSA) is 48.9 Å². The van der Waals surface area contributed by atoms with E-state index in [1.54, 1.807) is 23.7 Å². The number of aromatic amines is 1. The molecule has 0 radical (unpaired) electrons. The lowest BCUT2D eigenvalue weighted by Crippen LogP contribution is -1.99. The predicted molar refractivity (Wildman–Crippen MR) is 59.3 cm³/mol. The molecule has 5 heteroatoms. The fourth-order valence-corrected chi connectivity index (χ4v) is 2.51. The number of hydrogen-bond donors (Lipinski definition) is 2. The Bertz CT molecular complexity index is 399. The van der Waals surface area contributed by atoms with Crippen LogP contribution in [-0.2, 0) is 6.42 Å². The van der Waals surface area contributed by atoms with Crippen LogP contribution in [0.5, 0.6) is 0 Å². The molecule has 0 aliphatic heterocycles. The van der Waals surface area contributed by atoms with Crippen LogP contribution in [0, 0.1) is 0 Å². The average Bonchev–Trinajstić information content (AvgIpc) is 2.77. The third-order valence-electron chi connectivity index (χ3n) is 2.01. The first-order valence-electron chi connectivity index (χ1n) is 4.16. The van der Waals surface area contributed by atoms with E-state index in [9.17, 15) is 5.11 Å². The molecule has 0 amide bonds. The summed E-state index contributed by atoms with van der Waals surface area (Å²) in [5, 5.41) is 18.3. The van der Waals surface area contributed by atoms with Gasteiger partial charge in [-0.3, -0.25) is 5.10 Å². The Balaban J connectivity index is 2.09. The van der Waals surface area contributed by atoms with E-state index in [1.807, 2.05) is 11.4 Å². The van der Waals surface area contributed by atoms with E-state index in [4.69, 9.17) is 0 Å². The van der Waals surface area contributed by atoms with Crippen LogP contribution in [0.1, 0.15) is 17.2 Å². The highest BCUT2D eigenvalue weighted by molar-refractivity contribution is 9.11. The molecule has 0 bridgehead atoms. The lowest BCUT2D eigenvalue weighted by Gasteiger charge is -2.06. The maximum atomic E-state index is 9.83. The highest BCUT2D eigenvalue weighted by Crippen LogP contribution is 2.27. The molecule has 2 rings (SSSR count). The molecule has 0 aliphatic carbocycles. The minimum atomic E-state index is -0.486. The third kappa shape index (κ3) is 2.05. The number of aliphatic hydroxyl groups is 1. The van der Waals surface area contributed by atoms with Crippen molar-refractivity contribution in [2.45, 2.75) is 12.5 Å². The fourth-order valence-electron chi connectivity index (χ4n) is 1.23. The Kier molecular flexibility index (Phi) is 3.00. The molecule has 3 nitrogen and oxygen atoms in total. The van der Waals surface area contributed by atoms with E-state index in [2.05, 4.69) is 26.1 Å². The molecule has 0 spiro atoms. The molecule has 0 saturated heterocycles. The lowest BCUT2D eigenvalue weighted by molar-refractivity contribution is 0.178. The Labute approximate surface area is 93.9 Å². The maximum Gasteiger partial charge on any atom is 0.0861 e. The SMILES string of the molecule is OC(Cc1ccsc1Br)c1cn[nH]c1. The quantitative estimate of drug-likeness (QED) is 0.902. The number of H-pyrrole nitrogens is 1. The van der Waals surface area contributed by atoms with Gasteiger partial charge < -0.3 is 5.11 Å². The Morgan fingerprint density at radius 1 is 1.64 bits per heavy atom. The lowest BCUT2D eigenvalue weighted by atomic mass is 10.1. The molecule has 2 heterocycles. The van der Waals surface area contributed by atoms with Gasteiger partial charge in [0.05, 0.1) is 16.1 Å². The molecule has 2 N–H and O–H groups in total. The first-order valence-corrected chi connectivity index (χ1v) is 5.83. The third-order valence-corrected chi connectivity index (χ3v) is 3.82. The van der Waals surface area contributed by atoms with Gasteiger partial charge in [0.25, 0.3) is 0 Å². The molecule has 0 aliphatic rings. The molecular formula is C9H9BrN2OS. The zero-order valence-electron chi connectivity index (χ0n) is 7.27. The molecule has 74 valence electrons. The van der Waals surface area contributed by atoms with Crippen LogP contribution in [-0.4, -0.2) is 15.3 Å². The van der Waals surface area contributed by atoms with Gasteiger partial charge in [-0.15, -0.1) is 11.3 Å². The largest absolute Gasteiger partial charge is 0.388 e. The van der Waals surface area contributed by atoms with E-state index < -0.39 is 6.10 Å². The minimum absolute atomic E-state index is 0.486. The summed E-state index contributed by atoms with van der Waals surface area (Å²) in [6.45, 7) is 0. The molecule has 1 unspecified atom stereocenters. The maximum absolute atomic E-state index is 9.83. The van der Waals surface area contributed by atoms with Gasteiger partial charge in [-0.25, -0.2) is 0 Å². The number of nitrogens with one attached hydrogen (secondary N) is 1. The summed E-state index contributed by atoms with van der Waals surface area (Å²) in [5.74, 6) is 0. The van der Waals surface area contributed by atoms with Crippen LogP contribution in [0.2, 0.25) is 0 Å². The van der Waals surface area contributed by atoms with Crippen molar-refractivity contribution >= 4 is 27.3 Å². The van der Waals surface area contributed by atoms with Crippen molar-refractivity contribution in [1.29, 1.82) is 0 Å². The smallest absolute Gasteiger partial charge is 0.0861 e. The van der Waals surface area contributed by atoms with Crippen LogP contribution < -0.4 is 0 Å². The van der Waals surface area contributed by atoms with Crippen LogP contribution >= 0.6 is 27.3 Å². The standard InChI is InChI=1S/C9H9BrN2OS/c10-9-6(1-2-14-9)3-8(13)7-4-11-12-5-7/h1-2,4-5,8,13H,3H2,(H,11,12). The molecule has 1 atom stereocenters. The minimum Gasteiger partial charge on any atom is -0.388 e. The van der Waals surface area contributed by atoms with E-state index in [1.165, 1.54) is 0 Å². The highest BCUT2D eigenvalue weighted by atomic mass is 79.9. The molecular weight excluding hydrogens is 264 g/mol. The highest BCUT2D eigenvalue weighted by Gasteiger charge is 2.11. The van der Waals surface area contributed by atoms with Crippen molar-refractivity contribution in [3.05, 3.63) is 38.8 Å². The molecule has 2 aromatic heterocycles. The van der Waals surface area contributed by atoms with Gasteiger partial charge in [0.2, 0.25) is 0 Å². The fraction of sp³-hybridized carbons (Fsp3) is 0.222. The van der Waals surface area contributed by atoms with Crippen LogP contribution in [0.15, 0.2) is 27.6 Å². The van der Waals surface area contributed by atoms with Gasteiger partial charge in [0.1, 0.15) is 0 Å². The van der Waals surface area contributed by atoms with E-state index >= 15 is 0 Å². The van der Waals surface area contributed by atoms with Gasteiger partial charge in [-0.2, -0.15) is 5.10 Å². The second-order valence-electron chi connectivity index (χ2n) is 2.97. The predicted octanol–water partition coefficient (Wildman–Crippen LogP) is 2.51. The van der Waals surface area contributed by atoms with Gasteiger partial charge in [0, 0.05) is 18.2 Å². The van der Waals surface area contributed by atoms with Gasteiger partial charge in [0.15, 0.2) is 0 Å². The molecule has 0 saturated carbocycles. The number of aromatic nitrogens is 2. The number of rotatable bonds is 3. The zero-order chi connectivity index (χ0) is 9.97. The summed E-state index contributed by atoms with van der Waals surface area (Å²) in [4.78, 5) is 0. The zero-order valence-corrected chi connectivity index (χ0v) is 9.68. The summed E-state index contributed by atoms with van der Waals surface area (Å²) < 4.78 is 1.08. The van der Waals surface area contributed by atoms with Crippen molar-refractivity contribution in [2.75, 3.05) is 0 Å². The molecule has 0 aromatic carbocycles. The van der Waals surface area contributed by atoms with E-state index in [0.717, 1.165) is 14.9 Å². The van der Waals surface area contributed by atoms with Crippen molar-refractivity contribution < 1.29 is 5.11 Å². The van der Waals surface area contributed by atoms with E-state index in [0.29, 0.717) is 6.42 Å². The molecule has 0 fully saturated rings. The first-order chi connectivity index (χ1) is 6.77. The van der Waals surface area contributed by atoms with Crippen molar-refractivity contribution in [3.8, 4) is 0 Å². The van der Waals surface area contributed by atoms with Crippen LogP contribution in [0.25, 0.3) is 0 Å². The van der Waals surface area contributed by atoms with E-state index in [-0.39, 0.29) is 0 Å². The van der Waals surface area contributed by atoms with Crippen LogP contribution in [0.4, 0.5) is 0 Å². The van der Waals surface area contributed by atoms with Crippen molar-refractivity contribution in [3.63, 3.8) is 0 Å².